The number of aromatic nitrogens is 4. The Balaban J connectivity index is 1.42. The van der Waals surface area contributed by atoms with Crippen molar-refractivity contribution in [3.05, 3.63) is 101 Å². The van der Waals surface area contributed by atoms with Crippen molar-refractivity contribution in [1.82, 2.24) is 19.6 Å². The van der Waals surface area contributed by atoms with Crippen LogP contribution in [-0.4, -0.2) is 25.5 Å². The van der Waals surface area contributed by atoms with Gasteiger partial charge in [0.1, 0.15) is 0 Å². The minimum Gasteiger partial charge on any atom is -0.319 e. The third-order valence-electron chi connectivity index (χ3n) is 5.11. The predicted molar refractivity (Wildman–Crippen MR) is 118 cm³/mol. The minimum absolute atomic E-state index is 0.151. The molecule has 4 rings (SSSR count). The first-order valence-corrected chi connectivity index (χ1v) is 10.3. The van der Waals surface area contributed by atoms with Gasteiger partial charge in [0.25, 0.3) is 5.91 Å². The molecule has 2 aromatic heterocycles. The molecule has 1 N–H and O–H groups in total. The van der Waals surface area contributed by atoms with Crippen molar-refractivity contribution in [2.24, 2.45) is 0 Å². The van der Waals surface area contributed by atoms with E-state index in [0.717, 1.165) is 29.1 Å². The van der Waals surface area contributed by atoms with E-state index < -0.39 is 11.7 Å². The number of benzene rings is 2. The number of nitrogens with zero attached hydrogens (tertiary/aromatic N) is 4. The number of halogens is 3. The van der Waals surface area contributed by atoms with Gasteiger partial charge in [0, 0.05) is 17.5 Å². The fraction of sp³-hybridized carbons (Fsp3) is 0.208. The molecule has 4 aromatic rings. The van der Waals surface area contributed by atoms with E-state index in [0.29, 0.717) is 23.4 Å². The molecule has 6 nitrogen and oxygen atoms in total. The van der Waals surface area contributed by atoms with Crippen LogP contribution in [-0.2, 0) is 19.3 Å². The van der Waals surface area contributed by atoms with Crippen molar-refractivity contribution >= 4 is 11.6 Å². The Morgan fingerprint density at radius 2 is 1.73 bits per heavy atom. The lowest BCUT2D eigenvalue weighted by Gasteiger charge is -2.09. The zero-order chi connectivity index (χ0) is 23.6. The van der Waals surface area contributed by atoms with Gasteiger partial charge >= 0.3 is 6.18 Å². The molecule has 0 aliphatic heterocycles. The van der Waals surface area contributed by atoms with Crippen molar-refractivity contribution in [3.8, 4) is 0 Å². The highest BCUT2D eigenvalue weighted by atomic mass is 19.4. The zero-order valence-electron chi connectivity index (χ0n) is 18.1. The largest absolute Gasteiger partial charge is 0.416 e. The summed E-state index contributed by atoms with van der Waals surface area (Å²) in [4.78, 5) is 12.7. The molecule has 0 saturated carbocycles. The zero-order valence-corrected chi connectivity index (χ0v) is 18.1. The summed E-state index contributed by atoms with van der Waals surface area (Å²) < 4.78 is 42.1. The van der Waals surface area contributed by atoms with Crippen molar-refractivity contribution < 1.29 is 18.0 Å². The minimum atomic E-state index is -4.40. The molecule has 0 radical (unpaired) electrons. The molecular weight excluding hydrogens is 431 g/mol. The lowest BCUT2D eigenvalue weighted by molar-refractivity contribution is -0.137. The van der Waals surface area contributed by atoms with Crippen molar-refractivity contribution in [2.75, 3.05) is 5.32 Å². The van der Waals surface area contributed by atoms with Gasteiger partial charge in [-0.05, 0) is 55.3 Å². The summed E-state index contributed by atoms with van der Waals surface area (Å²) in [6.07, 6.45) is -1.36. The second kappa shape index (κ2) is 8.93. The molecule has 170 valence electrons. The normalized spacial score (nSPS) is 11.5. The number of rotatable bonds is 6. The highest BCUT2D eigenvalue weighted by Crippen LogP contribution is 2.29. The fourth-order valence-electron chi connectivity index (χ4n) is 3.57. The number of hydrogen-bond donors (Lipinski definition) is 1. The summed E-state index contributed by atoms with van der Waals surface area (Å²) in [6, 6.07) is 14.3. The van der Waals surface area contributed by atoms with Crippen LogP contribution >= 0.6 is 0 Å². The molecule has 0 saturated heterocycles. The quantitative estimate of drug-likeness (QED) is 0.444. The monoisotopic (exact) mass is 453 g/mol. The van der Waals surface area contributed by atoms with Crippen LogP contribution in [0.15, 0.2) is 67.0 Å². The summed E-state index contributed by atoms with van der Waals surface area (Å²) in [7, 11) is 0. The summed E-state index contributed by atoms with van der Waals surface area (Å²) in [5.41, 5.74) is 3.60. The van der Waals surface area contributed by atoms with Crippen LogP contribution in [0.25, 0.3) is 0 Å². The van der Waals surface area contributed by atoms with Gasteiger partial charge in [-0.2, -0.15) is 23.4 Å². The van der Waals surface area contributed by atoms with Crippen molar-refractivity contribution in [2.45, 2.75) is 33.1 Å². The van der Waals surface area contributed by atoms with Gasteiger partial charge in [0.05, 0.1) is 36.2 Å². The van der Waals surface area contributed by atoms with Gasteiger partial charge in [-0.1, -0.05) is 24.3 Å². The van der Waals surface area contributed by atoms with Crippen LogP contribution in [0.4, 0.5) is 18.9 Å². The second-order valence-electron chi connectivity index (χ2n) is 7.86. The molecule has 2 heterocycles. The van der Waals surface area contributed by atoms with Gasteiger partial charge in [-0.15, -0.1) is 0 Å². The van der Waals surface area contributed by atoms with Crippen LogP contribution in [0.3, 0.4) is 0 Å². The Morgan fingerprint density at radius 1 is 1.00 bits per heavy atom. The SMILES string of the molecule is Cc1cc(C)n(Cc2cccc(C(=O)Nc3cnn(Cc4cccc(C(F)(F)F)c4)c3)c2)n1. The van der Waals surface area contributed by atoms with Crippen LogP contribution < -0.4 is 5.32 Å². The van der Waals surface area contributed by atoms with Gasteiger partial charge in [0.2, 0.25) is 0 Å². The lowest BCUT2D eigenvalue weighted by atomic mass is 10.1. The smallest absolute Gasteiger partial charge is 0.319 e. The molecule has 33 heavy (non-hydrogen) atoms. The predicted octanol–water partition coefficient (Wildman–Crippen LogP) is 5.06. The van der Waals surface area contributed by atoms with Gasteiger partial charge in [0.15, 0.2) is 0 Å². The maximum absolute atomic E-state index is 12.9. The van der Waals surface area contributed by atoms with Crippen LogP contribution in [0, 0.1) is 13.8 Å². The van der Waals surface area contributed by atoms with E-state index in [1.807, 2.05) is 36.7 Å². The first kappa shape index (κ1) is 22.3. The first-order valence-electron chi connectivity index (χ1n) is 10.3. The number of alkyl halides is 3. The number of aryl methyl sites for hydroxylation is 2. The molecule has 0 atom stereocenters. The standard InChI is InChI=1S/C24H22F3N5O/c1-16-9-17(2)32(30-16)14-18-5-3-7-20(10-18)23(33)29-22-12-28-31(15-22)13-19-6-4-8-21(11-19)24(25,26)27/h3-12,15H,13-14H2,1-2H3,(H,29,33). The molecule has 0 bridgehead atoms. The summed E-state index contributed by atoms with van der Waals surface area (Å²) in [5, 5.41) is 11.4. The maximum Gasteiger partial charge on any atom is 0.416 e. The molecule has 0 unspecified atom stereocenters. The Kier molecular flexibility index (Phi) is 6.04. The maximum atomic E-state index is 12.9. The third kappa shape index (κ3) is 5.49. The number of amides is 1. The van der Waals surface area contributed by atoms with E-state index >= 15 is 0 Å². The topological polar surface area (TPSA) is 64.7 Å². The van der Waals surface area contributed by atoms with Crippen molar-refractivity contribution in [1.29, 1.82) is 0 Å². The molecule has 0 aliphatic carbocycles. The van der Waals surface area contributed by atoms with Crippen LogP contribution in [0.2, 0.25) is 0 Å². The number of carbonyl (C=O) groups excluding carboxylic acids is 1. The number of anilines is 1. The Bertz CT molecular complexity index is 1290. The molecule has 1 amide bonds. The Morgan fingerprint density at radius 3 is 2.42 bits per heavy atom. The Labute approximate surface area is 188 Å². The van der Waals surface area contributed by atoms with Crippen LogP contribution in [0.5, 0.6) is 0 Å². The molecule has 0 fully saturated rings. The first-order chi connectivity index (χ1) is 15.7. The van der Waals surface area contributed by atoms with E-state index in [1.165, 1.54) is 16.9 Å². The van der Waals surface area contributed by atoms with Crippen LogP contribution in [0.1, 0.15) is 38.4 Å². The summed E-state index contributed by atoms with van der Waals surface area (Å²) in [6.45, 7) is 4.61. The second-order valence-corrected chi connectivity index (χ2v) is 7.86. The summed E-state index contributed by atoms with van der Waals surface area (Å²) >= 11 is 0. The molecular formula is C24H22F3N5O. The van der Waals surface area contributed by atoms with Crippen molar-refractivity contribution in [3.63, 3.8) is 0 Å². The third-order valence-corrected chi connectivity index (χ3v) is 5.11. The molecule has 9 heteroatoms. The van der Waals surface area contributed by atoms with Gasteiger partial charge in [-0.3, -0.25) is 14.2 Å². The highest BCUT2D eigenvalue weighted by Gasteiger charge is 2.30. The molecule has 0 aliphatic rings. The average Bonchev–Trinajstić information content (AvgIpc) is 3.32. The summed E-state index contributed by atoms with van der Waals surface area (Å²) in [5.74, 6) is -0.302. The highest BCUT2D eigenvalue weighted by molar-refractivity contribution is 6.04. The van der Waals surface area contributed by atoms with E-state index in [9.17, 15) is 18.0 Å². The lowest BCUT2D eigenvalue weighted by Crippen LogP contribution is -2.12. The molecule has 0 spiro atoms. The van der Waals surface area contributed by atoms with E-state index in [1.54, 1.807) is 24.4 Å². The fourth-order valence-corrected chi connectivity index (χ4v) is 3.57. The average molecular weight is 453 g/mol. The number of carbonyl (C=O) groups is 1. The Hall–Kier alpha value is -3.88. The number of hydrogen-bond acceptors (Lipinski definition) is 3. The van der Waals surface area contributed by atoms with Gasteiger partial charge in [-0.25, -0.2) is 0 Å². The van der Waals surface area contributed by atoms with E-state index in [2.05, 4.69) is 15.5 Å². The molecule has 2 aromatic carbocycles. The van der Waals surface area contributed by atoms with Gasteiger partial charge < -0.3 is 5.32 Å². The van der Waals surface area contributed by atoms with E-state index in [-0.39, 0.29) is 12.5 Å². The number of nitrogens with one attached hydrogen (secondary N) is 1. The van der Waals surface area contributed by atoms with E-state index in [4.69, 9.17) is 0 Å².